The van der Waals surface area contributed by atoms with Crippen LogP contribution in [0, 0.1) is 6.92 Å². The number of carbonyl (C=O) groups excluding carboxylic acids is 1. The van der Waals surface area contributed by atoms with Crippen LogP contribution in [0.3, 0.4) is 0 Å². The Hall–Kier alpha value is -2.00. The van der Waals surface area contributed by atoms with Crippen molar-refractivity contribution in [3.8, 4) is 10.6 Å². The number of hydrogen-bond donors (Lipinski definition) is 0. The number of aryl methyl sites for hydroxylation is 1. The summed E-state index contributed by atoms with van der Waals surface area (Å²) in [5.41, 5.74) is 1.87. The van der Waals surface area contributed by atoms with Crippen LogP contribution in [0.4, 0.5) is 0 Å². The molecule has 0 atom stereocenters. The molecule has 0 saturated heterocycles. The van der Waals surface area contributed by atoms with E-state index in [1.807, 2.05) is 19.1 Å². The number of hydrogen-bond acceptors (Lipinski definition) is 3. The minimum Gasteiger partial charge on any atom is -0.297 e. The van der Waals surface area contributed by atoms with Crippen molar-refractivity contribution in [2.24, 2.45) is 0 Å². The van der Waals surface area contributed by atoms with Crippen LogP contribution in [0.25, 0.3) is 21.3 Å². The van der Waals surface area contributed by atoms with Gasteiger partial charge in [0.05, 0.1) is 10.6 Å². The molecule has 0 radical (unpaired) electrons. The number of rotatable bonds is 2. The molecule has 0 aliphatic rings. The molecule has 0 aliphatic heterocycles. The van der Waals surface area contributed by atoms with E-state index in [0.717, 1.165) is 22.6 Å². The number of nitrogens with zero attached hydrogens (tertiary/aromatic N) is 1. The first-order chi connectivity index (χ1) is 8.78. The van der Waals surface area contributed by atoms with Gasteiger partial charge < -0.3 is 0 Å². The van der Waals surface area contributed by atoms with Crippen LogP contribution in [-0.4, -0.2) is 11.3 Å². The second-order valence-electron chi connectivity index (χ2n) is 4.15. The Morgan fingerprint density at radius 1 is 1.11 bits per heavy atom. The number of fused-ring (bicyclic) bond motifs is 1. The van der Waals surface area contributed by atoms with Crippen molar-refractivity contribution in [1.82, 2.24) is 4.98 Å². The molecule has 1 aromatic heterocycles. The topological polar surface area (TPSA) is 30.0 Å². The van der Waals surface area contributed by atoms with Gasteiger partial charge in [0.25, 0.3) is 0 Å². The smallest absolute Gasteiger partial charge is 0.161 e. The summed E-state index contributed by atoms with van der Waals surface area (Å²) in [7, 11) is 0. The van der Waals surface area contributed by atoms with Gasteiger partial charge in [-0.1, -0.05) is 36.4 Å². The second-order valence-corrected chi connectivity index (χ2v) is 5.18. The molecule has 0 bridgehead atoms. The van der Waals surface area contributed by atoms with Gasteiger partial charge in [-0.15, -0.1) is 11.3 Å². The predicted octanol–water partition coefficient (Wildman–Crippen LogP) is 4.08. The van der Waals surface area contributed by atoms with E-state index in [1.54, 1.807) is 0 Å². The lowest BCUT2D eigenvalue weighted by atomic mass is 10.1. The summed E-state index contributed by atoms with van der Waals surface area (Å²) in [5, 5.41) is 3.31. The second kappa shape index (κ2) is 4.35. The maximum absolute atomic E-state index is 10.9. The molecule has 88 valence electrons. The van der Waals surface area contributed by atoms with E-state index >= 15 is 0 Å². The van der Waals surface area contributed by atoms with Crippen LogP contribution in [0.15, 0.2) is 42.5 Å². The highest BCUT2D eigenvalue weighted by atomic mass is 32.1. The highest BCUT2D eigenvalue weighted by Gasteiger charge is 2.08. The van der Waals surface area contributed by atoms with E-state index in [1.165, 1.54) is 22.1 Å². The summed E-state index contributed by atoms with van der Waals surface area (Å²) in [4.78, 5) is 16.0. The average Bonchev–Trinajstić information content (AvgIpc) is 2.79. The minimum atomic E-state index is 0.707. The Bertz CT molecular complexity index is 730. The zero-order valence-corrected chi connectivity index (χ0v) is 10.7. The molecular formula is C15H11NOS. The Labute approximate surface area is 109 Å². The van der Waals surface area contributed by atoms with Gasteiger partial charge in [-0.3, -0.25) is 4.79 Å². The summed E-state index contributed by atoms with van der Waals surface area (Å²) in [6.07, 6.45) is 0.873. The molecule has 0 N–H and O–H groups in total. The van der Waals surface area contributed by atoms with E-state index in [9.17, 15) is 4.79 Å². The lowest BCUT2D eigenvalue weighted by Crippen LogP contribution is -1.79. The van der Waals surface area contributed by atoms with Gasteiger partial charge in [0, 0.05) is 5.56 Å². The van der Waals surface area contributed by atoms with Crippen molar-refractivity contribution in [3.63, 3.8) is 0 Å². The quantitative estimate of drug-likeness (QED) is 0.644. The maximum Gasteiger partial charge on any atom is 0.161 e. The zero-order chi connectivity index (χ0) is 12.5. The molecule has 18 heavy (non-hydrogen) atoms. The highest BCUT2D eigenvalue weighted by molar-refractivity contribution is 7.16. The first kappa shape index (κ1) is 11.1. The molecule has 3 rings (SSSR count). The molecule has 0 unspecified atom stereocenters. The number of aromatic nitrogens is 1. The average molecular weight is 253 g/mol. The Morgan fingerprint density at radius 3 is 2.61 bits per heavy atom. The summed E-state index contributed by atoms with van der Waals surface area (Å²) in [6, 6.07) is 14.5. The van der Waals surface area contributed by atoms with Gasteiger partial charge in [0.15, 0.2) is 6.29 Å². The van der Waals surface area contributed by atoms with E-state index in [0.29, 0.717) is 4.88 Å². The Morgan fingerprint density at radius 2 is 1.89 bits per heavy atom. The fourth-order valence-electron chi connectivity index (χ4n) is 1.96. The third-order valence-electron chi connectivity index (χ3n) is 2.94. The van der Waals surface area contributed by atoms with Crippen LogP contribution < -0.4 is 0 Å². The minimum absolute atomic E-state index is 0.707. The summed E-state index contributed by atoms with van der Waals surface area (Å²) in [6.45, 7) is 1.87. The lowest BCUT2D eigenvalue weighted by molar-refractivity contribution is 0.112. The third-order valence-corrected chi connectivity index (χ3v) is 4.07. The third kappa shape index (κ3) is 1.83. The van der Waals surface area contributed by atoms with Crippen molar-refractivity contribution in [3.05, 3.63) is 53.0 Å². The molecule has 0 spiro atoms. The highest BCUT2D eigenvalue weighted by Crippen LogP contribution is 2.29. The molecule has 0 saturated carbocycles. The molecule has 0 fully saturated rings. The van der Waals surface area contributed by atoms with Gasteiger partial charge >= 0.3 is 0 Å². The van der Waals surface area contributed by atoms with Crippen LogP contribution in [0.5, 0.6) is 0 Å². The standard InChI is InChI=1S/C15H11NOS/c1-10-14(9-17)18-15(16-10)13-7-6-11-4-2-3-5-12(11)8-13/h2-9H,1H3. The fraction of sp³-hybridized carbons (Fsp3) is 0.0667. The SMILES string of the molecule is Cc1nc(-c2ccc3ccccc3c2)sc1C=O. The molecule has 1 heterocycles. The van der Waals surface area contributed by atoms with Crippen LogP contribution >= 0.6 is 11.3 Å². The monoisotopic (exact) mass is 253 g/mol. The summed E-state index contributed by atoms with van der Waals surface area (Å²) < 4.78 is 0. The van der Waals surface area contributed by atoms with Crippen molar-refractivity contribution in [2.45, 2.75) is 6.92 Å². The fourth-order valence-corrected chi connectivity index (χ4v) is 2.84. The van der Waals surface area contributed by atoms with Crippen LogP contribution in [-0.2, 0) is 0 Å². The zero-order valence-electron chi connectivity index (χ0n) is 9.88. The number of thiazole rings is 1. The maximum atomic E-state index is 10.9. The number of aldehydes is 1. The van der Waals surface area contributed by atoms with Crippen molar-refractivity contribution in [2.75, 3.05) is 0 Å². The van der Waals surface area contributed by atoms with Gasteiger partial charge in [-0.25, -0.2) is 4.98 Å². The van der Waals surface area contributed by atoms with Crippen LogP contribution in [0.1, 0.15) is 15.4 Å². The molecular weight excluding hydrogens is 242 g/mol. The summed E-state index contributed by atoms with van der Waals surface area (Å²) in [5.74, 6) is 0. The largest absolute Gasteiger partial charge is 0.297 e. The van der Waals surface area contributed by atoms with Gasteiger partial charge in [-0.2, -0.15) is 0 Å². The van der Waals surface area contributed by atoms with Gasteiger partial charge in [-0.05, 0) is 23.8 Å². The lowest BCUT2D eigenvalue weighted by Gasteiger charge is -2.00. The molecule has 2 aromatic carbocycles. The summed E-state index contributed by atoms with van der Waals surface area (Å²) >= 11 is 1.44. The predicted molar refractivity (Wildman–Crippen MR) is 75.2 cm³/mol. The Balaban J connectivity index is 2.15. The van der Waals surface area contributed by atoms with E-state index in [4.69, 9.17) is 0 Å². The normalized spacial score (nSPS) is 10.7. The molecule has 3 aromatic rings. The van der Waals surface area contributed by atoms with Crippen molar-refractivity contribution < 1.29 is 4.79 Å². The first-order valence-corrected chi connectivity index (χ1v) is 6.51. The number of carbonyl (C=O) groups is 1. The molecule has 0 amide bonds. The van der Waals surface area contributed by atoms with Gasteiger partial charge in [0.2, 0.25) is 0 Å². The van der Waals surface area contributed by atoms with Crippen molar-refractivity contribution >= 4 is 28.4 Å². The van der Waals surface area contributed by atoms with E-state index < -0.39 is 0 Å². The molecule has 3 heteroatoms. The molecule has 2 nitrogen and oxygen atoms in total. The number of benzene rings is 2. The van der Waals surface area contributed by atoms with Crippen LogP contribution in [0.2, 0.25) is 0 Å². The van der Waals surface area contributed by atoms with E-state index in [2.05, 4.69) is 35.3 Å². The van der Waals surface area contributed by atoms with Gasteiger partial charge in [0.1, 0.15) is 5.01 Å². The molecule has 0 aliphatic carbocycles. The Kier molecular flexibility index (Phi) is 2.68. The first-order valence-electron chi connectivity index (χ1n) is 5.70. The van der Waals surface area contributed by atoms with Crippen molar-refractivity contribution in [1.29, 1.82) is 0 Å². The van der Waals surface area contributed by atoms with E-state index in [-0.39, 0.29) is 0 Å².